The highest BCUT2D eigenvalue weighted by Gasteiger charge is 2.57. The van der Waals surface area contributed by atoms with Crippen molar-refractivity contribution in [3.8, 4) is 0 Å². The smallest absolute Gasteiger partial charge is 0.104 e. The van der Waals surface area contributed by atoms with Gasteiger partial charge in [0, 0.05) is 26.6 Å². The molecule has 2 nitrogen and oxygen atoms in total. The van der Waals surface area contributed by atoms with E-state index in [0.29, 0.717) is 61.7 Å². The van der Waals surface area contributed by atoms with Crippen LogP contribution in [-0.4, -0.2) is 37.0 Å². The van der Waals surface area contributed by atoms with Gasteiger partial charge < -0.3 is 10.8 Å². The van der Waals surface area contributed by atoms with Crippen LogP contribution in [0.4, 0.5) is 4.39 Å². The third-order valence-corrected chi connectivity index (χ3v) is 46.4. The van der Waals surface area contributed by atoms with Crippen LogP contribution in [0.3, 0.4) is 0 Å². The molecule has 3 N–H and O–H groups in total. The first kappa shape index (κ1) is 125. The van der Waals surface area contributed by atoms with Gasteiger partial charge in [-0.05, 0) is 431 Å². The molecular formula is C137H235BrClFINO. The van der Waals surface area contributed by atoms with Crippen LogP contribution < -0.4 is 5.73 Å². The minimum atomic E-state index is -0.590. The van der Waals surface area contributed by atoms with Gasteiger partial charge in [0.2, 0.25) is 0 Å². The summed E-state index contributed by atoms with van der Waals surface area (Å²) >= 11 is 12.9. The summed E-state index contributed by atoms with van der Waals surface area (Å²) in [4.78, 5) is 0.722. The predicted octanol–water partition coefficient (Wildman–Crippen LogP) is 42.3. The van der Waals surface area contributed by atoms with Crippen molar-refractivity contribution in [2.75, 3.05) is 0 Å². The van der Waals surface area contributed by atoms with E-state index in [1.165, 1.54) is 140 Å². The number of rotatable bonds is 16. The highest BCUT2D eigenvalue weighted by molar-refractivity contribution is 14.1. The molecule has 0 aromatic heterocycles. The van der Waals surface area contributed by atoms with E-state index >= 15 is 0 Å². The number of fused-ring (bicyclic) bond motifs is 8. The molecule has 0 aromatic carbocycles. The molecule has 0 spiro atoms. The molecule has 0 amide bonds. The lowest BCUT2D eigenvalue weighted by Crippen LogP contribution is -2.48. The van der Waals surface area contributed by atoms with Crippen LogP contribution in [0.1, 0.15) is 476 Å². The third-order valence-electron chi connectivity index (χ3n) is 44.2. The van der Waals surface area contributed by atoms with Crippen LogP contribution >= 0.6 is 50.1 Å². The monoisotopic (exact) mass is 2170 g/mol. The van der Waals surface area contributed by atoms with Gasteiger partial charge in [-0.15, -0.1) is 11.6 Å². The molecule has 0 bridgehead atoms. The van der Waals surface area contributed by atoms with Crippen molar-refractivity contribution in [3.05, 3.63) is 117 Å². The Morgan fingerprint density at radius 3 is 1.03 bits per heavy atom. The van der Waals surface area contributed by atoms with Gasteiger partial charge in [0.15, 0.2) is 0 Å². The fraction of sp³-hybridized carbons (Fsp3) is 0.854. The zero-order valence-electron chi connectivity index (χ0n) is 102. The van der Waals surface area contributed by atoms with E-state index in [-0.39, 0.29) is 5.41 Å². The zero-order valence-corrected chi connectivity index (χ0v) is 106. The average molecular weight is 2170 g/mol. The van der Waals surface area contributed by atoms with Crippen molar-refractivity contribution in [3.63, 3.8) is 0 Å². The molecule has 0 heterocycles. The highest BCUT2D eigenvalue weighted by Crippen LogP contribution is 2.66. The number of halogens is 4. The number of nitrogens with two attached hydrogens (primary N) is 1. The summed E-state index contributed by atoms with van der Waals surface area (Å²) in [5, 5.41) is 10.8. The summed E-state index contributed by atoms with van der Waals surface area (Å²) in [6.07, 6.45) is 65.3. The molecule has 6 heteroatoms. The van der Waals surface area contributed by atoms with E-state index in [9.17, 15) is 9.50 Å². The number of hydrogen-bond donors (Lipinski definition) is 2. The van der Waals surface area contributed by atoms with Gasteiger partial charge >= 0.3 is 0 Å². The summed E-state index contributed by atoms with van der Waals surface area (Å²) in [6.45, 7) is 99.1. The van der Waals surface area contributed by atoms with E-state index in [1.807, 2.05) is 6.92 Å². The predicted molar refractivity (Wildman–Crippen MR) is 643 cm³/mol. The first-order valence-corrected chi connectivity index (χ1v) is 63.9. The minimum Gasteiger partial charge on any atom is -0.390 e. The molecule has 0 radical (unpaired) electrons. The molecular weight excluding hydrogens is 1940 g/mol. The minimum absolute atomic E-state index is 0.268. The molecule has 0 saturated heterocycles. The molecule has 143 heavy (non-hydrogen) atoms. The molecule has 0 aliphatic heterocycles. The van der Waals surface area contributed by atoms with Crippen LogP contribution in [0.15, 0.2) is 117 Å². The molecule has 0 aromatic rings. The summed E-state index contributed by atoms with van der Waals surface area (Å²) in [6, 6.07) is 0.410. The Bertz CT molecular complexity index is 3910. The van der Waals surface area contributed by atoms with Crippen LogP contribution in [0, 0.1) is 233 Å². The number of aliphatic hydroxyl groups is 1. The highest BCUT2D eigenvalue weighted by atomic mass is 127. The van der Waals surface area contributed by atoms with E-state index in [2.05, 4.69) is 388 Å². The summed E-state index contributed by atoms with van der Waals surface area (Å²) in [5.74, 6) is 26.0. The van der Waals surface area contributed by atoms with Crippen molar-refractivity contribution >= 4 is 50.1 Å². The Labute approximate surface area is 916 Å². The topological polar surface area (TPSA) is 46.2 Å². The van der Waals surface area contributed by atoms with E-state index in [4.69, 9.17) is 17.3 Å². The summed E-state index contributed by atoms with van der Waals surface area (Å²) < 4.78 is 14.5. The molecule has 16 rings (SSSR count). The maximum Gasteiger partial charge on any atom is 0.104 e. The van der Waals surface area contributed by atoms with Gasteiger partial charge in [-0.3, -0.25) is 0 Å². The Balaban J connectivity index is 0.000000182. The lowest BCUT2D eigenvalue weighted by Gasteiger charge is -2.54. The molecule has 16 unspecified atom stereocenters. The Kier molecular flexibility index (Phi) is 45.6. The fourth-order valence-corrected chi connectivity index (χ4v) is 39.0. The Hall–Kier alpha value is -1.25. The maximum absolute atomic E-state index is 13.7. The Morgan fingerprint density at radius 1 is 0.322 bits per heavy atom. The molecule has 16 aliphatic rings. The molecule has 822 valence electrons. The first-order chi connectivity index (χ1) is 66.4. The van der Waals surface area contributed by atoms with Crippen molar-refractivity contribution in [2.45, 2.75) is 508 Å². The molecule has 30 atom stereocenters. The standard InChI is InChI=1S/C18H32O.C17H29Br.C17H29Cl.C17H29F.C17H29I.C17H31N.2C17H28/c1-12(2)15-8-7-14-11-17(5,19)9-10-18(14,6)16(15)13(3)4;5*1-11(2)15-7-6-13-10-14(18)8-9-17(13,5)16(15)12(3)4;2*1-12(2)15-10-9-14-8-6-7-11-17(14,5)16(15)13(3)4/h7,12-13,15-16,19H,8-11H2,1-6H3;4*6,11-12,14-16H,7-10H2,1-5H3;6,11-12,14-16H,7-10,18H2,1-5H3;6,8-9,12-13,15-16H,7,10-11H2,1-5H3;6-8,12-13,15-16H,9-11H2,1-5H3/t15?,16?,17-,18-;5*14-,15?,16?,17-;2*15?,16?,17-/m00000000/s1. The van der Waals surface area contributed by atoms with Crippen LogP contribution in [0.5, 0.6) is 0 Å². The van der Waals surface area contributed by atoms with Crippen molar-refractivity contribution in [1.82, 2.24) is 0 Å². The number of allylic oxidation sites excluding steroid dienone is 18. The van der Waals surface area contributed by atoms with E-state index in [0.717, 1.165) is 244 Å². The summed E-state index contributed by atoms with van der Waals surface area (Å²) in [5.41, 5.74) is 22.2. The lowest BCUT2D eigenvalue weighted by molar-refractivity contribution is -0.0296. The number of hydrogen-bond acceptors (Lipinski definition) is 2. The SMILES string of the molecule is CC(C)C1CC=C2C=CCC[C@]2(C)C1C(C)C.CC(C)C1CC=C2C[C@@H](Br)CC[C@]2(C)C1C(C)C.CC(C)C1CC=C2C[C@@H](Cl)CC[C@]2(C)C1C(C)C.CC(C)C1CC=C2C[C@@H](F)CC[C@]2(C)C1C(C)C.CC(C)C1CC=C2C[C@@H](I)CC[C@]2(C)C1C(C)C.CC(C)C1CC=C2C[C@@H](N)CC[C@]2(C)C1C(C)C.CC(C)C1CC=C2C[C@@](C)(O)CC[C@]2(C)C1C(C)C.CC(C)C1CCC2=CC=CC[C@]2(C)C1C(C)C. The van der Waals surface area contributed by atoms with Crippen LogP contribution in [-0.2, 0) is 0 Å². The lowest BCUT2D eigenvalue weighted by atomic mass is 9.51. The summed E-state index contributed by atoms with van der Waals surface area (Å²) in [7, 11) is 0. The van der Waals surface area contributed by atoms with Crippen molar-refractivity contribution in [2.24, 2.45) is 238 Å². The zero-order chi connectivity index (χ0) is 107. The first-order valence-electron chi connectivity index (χ1n) is 61.3. The van der Waals surface area contributed by atoms with Gasteiger partial charge in [0.1, 0.15) is 6.17 Å². The van der Waals surface area contributed by atoms with Crippen LogP contribution in [0.25, 0.3) is 0 Å². The van der Waals surface area contributed by atoms with E-state index in [1.54, 1.807) is 39.0 Å². The quantitative estimate of drug-likeness (QED) is 0.0919. The van der Waals surface area contributed by atoms with Crippen molar-refractivity contribution in [1.29, 1.82) is 0 Å². The third kappa shape index (κ3) is 28.4. The fourth-order valence-electron chi connectivity index (χ4n) is 37.4. The van der Waals surface area contributed by atoms with Crippen molar-refractivity contribution < 1.29 is 9.50 Å². The Morgan fingerprint density at radius 2 is 0.636 bits per heavy atom. The maximum atomic E-state index is 13.7. The second kappa shape index (κ2) is 52.1. The van der Waals surface area contributed by atoms with Gasteiger partial charge in [-0.2, -0.15) is 0 Å². The normalized spacial score (nSPS) is 40.3. The molecule has 16 aliphatic carbocycles. The largest absolute Gasteiger partial charge is 0.390 e. The second-order valence-electron chi connectivity index (χ2n) is 59.3. The van der Waals surface area contributed by atoms with Gasteiger partial charge in [0.25, 0.3) is 0 Å². The van der Waals surface area contributed by atoms with E-state index < -0.39 is 11.8 Å². The molecule has 7 saturated carbocycles. The number of alkyl halides is 4. The average Bonchev–Trinajstić information content (AvgIpc) is 0.703. The second-order valence-corrected chi connectivity index (χ2v) is 63.0. The van der Waals surface area contributed by atoms with Gasteiger partial charge in [-0.1, -0.05) is 427 Å². The van der Waals surface area contributed by atoms with Gasteiger partial charge in [0.05, 0.1) is 5.60 Å². The van der Waals surface area contributed by atoms with Gasteiger partial charge in [-0.25, -0.2) is 4.39 Å². The molecule has 7 fully saturated rings. The van der Waals surface area contributed by atoms with Crippen LogP contribution in [0.2, 0.25) is 0 Å².